The van der Waals surface area contributed by atoms with Crippen molar-refractivity contribution in [2.75, 3.05) is 0 Å². The van der Waals surface area contributed by atoms with E-state index in [0.29, 0.717) is 18.9 Å². The average Bonchev–Trinajstić information content (AvgIpc) is 2.73. The third-order valence-electron chi connectivity index (χ3n) is 4.52. The Hall–Kier alpha value is -1.75. The molecular formula is C22H20I2N2O3. The van der Waals surface area contributed by atoms with Gasteiger partial charge in [0.25, 0.3) is 5.88 Å². The van der Waals surface area contributed by atoms with Gasteiger partial charge in [-0.15, -0.1) is 0 Å². The number of halogens is 2. The molecule has 29 heavy (non-hydrogen) atoms. The molecule has 0 radical (unpaired) electrons. The molecule has 150 valence electrons. The van der Waals surface area contributed by atoms with Crippen molar-refractivity contribution >= 4 is 49.4 Å². The van der Waals surface area contributed by atoms with E-state index in [9.17, 15) is 4.79 Å². The molecule has 0 amide bonds. The summed E-state index contributed by atoms with van der Waals surface area (Å²) < 4.78 is 11.1. The molecule has 0 bridgehead atoms. The van der Waals surface area contributed by atoms with Gasteiger partial charge >= 0.3 is 0 Å². The highest BCUT2D eigenvalue weighted by Gasteiger charge is 2.27. The maximum Gasteiger partial charge on any atom is 0.271 e. The van der Waals surface area contributed by atoms with Crippen molar-refractivity contribution in [2.24, 2.45) is 0 Å². The van der Waals surface area contributed by atoms with Crippen LogP contribution in [0.3, 0.4) is 0 Å². The predicted octanol–water partition coefficient (Wildman–Crippen LogP) is 5.88. The first-order valence-corrected chi connectivity index (χ1v) is 11.0. The van der Waals surface area contributed by atoms with Gasteiger partial charge in [0.2, 0.25) is 9.54 Å². The topological polar surface area (TPSA) is 61.3 Å². The smallest absolute Gasteiger partial charge is 0.271 e. The summed E-state index contributed by atoms with van der Waals surface area (Å²) in [5.74, 6) is 1.07. The summed E-state index contributed by atoms with van der Waals surface area (Å²) in [7, 11) is 0. The van der Waals surface area contributed by atoms with Gasteiger partial charge in [-0.3, -0.25) is 4.79 Å². The Bertz CT molecular complexity index is 980. The number of ether oxygens (including phenoxy) is 1. The maximum atomic E-state index is 12.3. The molecule has 0 N–H and O–H groups in total. The molecule has 0 atom stereocenters. The lowest BCUT2D eigenvalue weighted by Gasteiger charge is -2.25. The second-order valence-corrected chi connectivity index (χ2v) is 8.59. The van der Waals surface area contributed by atoms with E-state index >= 15 is 0 Å². The van der Waals surface area contributed by atoms with E-state index in [1.54, 1.807) is 45.6 Å². The van der Waals surface area contributed by atoms with Gasteiger partial charge in [0.15, 0.2) is 28.7 Å². The number of carbonyl (C=O) groups excluding carboxylic acids is 1. The fraction of sp³-hybridized carbons (Fsp3) is 0.227. The number of benzene rings is 2. The van der Waals surface area contributed by atoms with Gasteiger partial charge in [0.1, 0.15) is 12.4 Å². The van der Waals surface area contributed by atoms with E-state index in [-0.39, 0.29) is 26.5 Å². The molecule has 7 heteroatoms. The van der Waals surface area contributed by atoms with Crippen LogP contribution in [-0.4, -0.2) is 13.8 Å². The number of hydrogen-bond donors (Lipinski definition) is 0. The predicted molar refractivity (Wildman–Crippen MR) is 129 cm³/mol. The zero-order chi connectivity index (χ0) is 20.9. The quantitative estimate of drug-likeness (QED) is 0.235. The Morgan fingerprint density at radius 3 is 2.21 bits per heavy atom. The fourth-order valence-electron chi connectivity index (χ4n) is 2.99. The van der Waals surface area contributed by atoms with Gasteiger partial charge in [0.05, 0.1) is 0 Å². The van der Waals surface area contributed by atoms with Crippen molar-refractivity contribution in [3.05, 3.63) is 83.3 Å². The highest BCUT2D eigenvalue weighted by Crippen LogP contribution is 2.34. The molecule has 0 aliphatic heterocycles. The summed E-state index contributed by atoms with van der Waals surface area (Å²) in [5.41, 5.74) is 2.17. The molecule has 0 spiro atoms. The molecule has 0 fully saturated rings. The van der Waals surface area contributed by atoms with Crippen molar-refractivity contribution in [3.63, 3.8) is 0 Å². The Morgan fingerprint density at radius 1 is 1.00 bits per heavy atom. The molecular weight excluding hydrogens is 594 g/mol. The molecule has 1 heterocycles. The lowest BCUT2D eigenvalue weighted by Crippen LogP contribution is -2.22. The molecule has 0 aliphatic rings. The van der Waals surface area contributed by atoms with E-state index in [0.717, 1.165) is 5.56 Å². The first-order chi connectivity index (χ1) is 13.9. The summed E-state index contributed by atoms with van der Waals surface area (Å²) in [6, 6.07) is 19.9. The largest absolute Gasteiger partial charge is 0.481 e. The first kappa shape index (κ1) is 21.9. The molecule has 3 rings (SSSR count). The summed E-state index contributed by atoms with van der Waals surface area (Å²) in [4.78, 5) is 21.4. The van der Waals surface area contributed by atoms with Crippen molar-refractivity contribution in [1.82, 2.24) is 9.97 Å². The van der Waals surface area contributed by atoms with Crippen molar-refractivity contribution in [3.8, 4) is 11.6 Å². The summed E-state index contributed by atoms with van der Waals surface area (Å²) in [6.45, 7) is 4.55. The van der Waals surface area contributed by atoms with Gasteiger partial charge in [-0.1, -0.05) is 74.5 Å². The molecule has 2 aromatic carbocycles. The van der Waals surface area contributed by atoms with E-state index in [1.807, 2.05) is 48.5 Å². The highest BCUT2D eigenvalue weighted by molar-refractivity contribution is 14.1. The van der Waals surface area contributed by atoms with Crippen molar-refractivity contribution in [2.45, 2.75) is 32.3 Å². The Morgan fingerprint density at radius 2 is 1.62 bits per heavy atom. The van der Waals surface area contributed by atoms with Crippen LogP contribution in [0.1, 0.15) is 41.3 Å². The molecule has 3 aromatic rings. The van der Waals surface area contributed by atoms with Crippen molar-refractivity contribution < 1.29 is 12.6 Å². The number of hydrogen-bond acceptors (Lipinski definition) is 5. The highest BCUT2D eigenvalue weighted by atomic mass is 127. The zero-order valence-corrected chi connectivity index (χ0v) is 20.4. The number of rotatable bonds is 8. The van der Waals surface area contributed by atoms with Crippen LogP contribution >= 0.6 is 45.6 Å². The number of nitrogens with zero attached hydrogens (tertiary/aromatic N) is 2. The third-order valence-corrected chi connectivity index (χ3v) is 5.45. The molecule has 1 aromatic heterocycles. The van der Waals surface area contributed by atoms with E-state index in [4.69, 9.17) is 7.80 Å². The Labute approximate surface area is 198 Å². The van der Waals surface area contributed by atoms with Gasteiger partial charge in [-0.25, -0.2) is 4.98 Å². The van der Waals surface area contributed by atoms with E-state index < -0.39 is 0 Å². The van der Waals surface area contributed by atoms with Crippen LogP contribution in [0.4, 0.5) is 0 Å². The Balaban J connectivity index is 1.92. The standard InChI is InChI=1S/C22H20I2N2O3/c1-22(2,16-11-7-4-8-12-16)13-17-25-18(20(23)27)19(21(26-17)29-24)28-14-15-9-5-3-6-10-15/h3-12H,13-14H2,1-2H3. The van der Waals surface area contributed by atoms with Gasteiger partial charge in [-0.2, -0.15) is 4.98 Å². The van der Waals surface area contributed by atoms with Crippen LogP contribution in [-0.2, 0) is 18.4 Å². The maximum absolute atomic E-state index is 12.3. The SMILES string of the molecule is CC(C)(Cc1nc(OI)c(OCc2ccccc2)c(C(=O)I)n1)c1ccccc1. The van der Waals surface area contributed by atoms with Crippen LogP contribution in [0.25, 0.3) is 0 Å². The normalized spacial score (nSPS) is 11.2. The summed E-state index contributed by atoms with van der Waals surface area (Å²) >= 11 is 3.47. The van der Waals surface area contributed by atoms with Crippen LogP contribution in [0.2, 0.25) is 0 Å². The van der Waals surface area contributed by atoms with Crippen LogP contribution in [0.5, 0.6) is 11.6 Å². The van der Waals surface area contributed by atoms with Crippen molar-refractivity contribution in [1.29, 1.82) is 0 Å². The van der Waals surface area contributed by atoms with Crippen LogP contribution in [0.15, 0.2) is 60.7 Å². The lowest BCUT2D eigenvalue weighted by molar-refractivity contribution is 0.109. The summed E-state index contributed by atoms with van der Waals surface area (Å²) in [5, 5.41) is 0. The molecule has 5 nitrogen and oxygen atoms in total. The monoisotopic (exact) mass is 614 g/mol. The van der Waals surface area contributed by atoms with E-state index in [2.05, 4.69) is 35.9 Å². The van der Waals surface area contributed by atoms with Crippen LogP contribution < -0.4 is 7.80 Å². The minimum Gasteiger partial charge on any atom is -0.481 e. The van der Waals surface area contributed by atoms with Gasteiger partial charge in [-0.05, 0) is 16.5 Å². The number of carbonyl (C=O) groups is 1. The zero-order valence-electron chi connectivity index (χ0n) is 16.1. The second-order valence-electron chi connectivity index (χ2n) is 7.17. The first-order valence-electron chi connectivity index (χ1n) is 9.02. The molecule has 0 saturated heterocycles. The molecule has 0 saturated carbocycles. The second kappa shape index (κ2) is 9.84. The van der Waals surface area contributed by atoms with Gasteiger partial charge in [0, 0.05) is 29.0 Å². The molecule has 0 aliphatic carbocycles. The lowest BCUT2D eigenvalue weighted by atomic mass is 9.81. The fourth-order valence-corrected chi connectivity index (χ4v) is 3.65. The van der Waals surface area contributed by atoms with Gasteiger partial charge < -0.3 is 7.80 Å². The molecule has 0 unspecified atom stereocenters. The Kier molecular flexibility index (Phi) is 7.44. The minimum atomic E-state index is -0.221. The number of aromatic nitrogens is 2. The average molecular weight is 614 g/mol. The van der Waals surface area contributed by atoms with E-state index in [1.165, 1.54) is 5.56 Å². The minimum absolute atomic E-state index is 0.207. The third kappa shape index (κ3) is 5.65. The van der Waals surface area contributed by atoms with Crippen LogP contribution in [0, 0.1) is 0 Å². The summed E-state index contributed by atoms with van der Waals surface area (Å²) in [6.07, 6.45) is 0.555.